The second-order valence-corrected chi connectivity index (χ2v) is 8.59. The number of nitrogens with zero attached hydrogens (tertiary/aromatic N) is 4. The molecule has 3 aliphatic rings. The van der Waals surface area contributed by atoms with E-state index in [0.29, 0.717) is 23.1 Å². The first-order valence-corrected chi connectivity index (χ1v) is 9.86. The van der Waals surface area contributed by atoms with Gasteiger partial charge in [0.05, 0.1) is 5.54 Å². The predicted octanol–water partition coefficient (Wildman–Crippen LogP) is 4.01. The minimum atomic E-state index is -0.209. The highest BCUT2D eigenvalue weighted by Gasteiger charge is 2.29. The van der Waals surface area contributed by atoms with Crippen molar-refractivity contribution in [1.29, 1.82) is 0 Å². The van der Waals surface area contributed by atoms with Crippen LogP contribution < -0.4 is 5.56 Å². The molecule has 1 aromatic heterocycles. The zero-order chi connectivity index (χ0) is 19.0. The summed E-state index contributed by atoms with van der Waals surface area (Å²) in [7, 11) is 0. The maximum Gasteiger partial charge on any atom is 0.284 e. The van der Waals surface area contributed by atoms with Gasteiger partial charge in [-0.15, -0.1) is 0 Å². The summed E-state index contributed by atoms with van der Waals surface area (Å²) in [5.41, 5.74) is 2.03. The molecular weight excluding hydrogens is 338 g/mol. The molecule has 1 fully saturated rings. The minimum Gasteiger partial charge on any atom is -0.300 e. The van der Waals surface area contributed by atoms with Crippen molar-refractivity contribution in [2.75, 3.05) is 0 Å². The summed E-state index contributed by atoms with van der Waals surface area (Å²) < 4.78 is 2.02. The average Bonchev–Trinajstić information content (AvgIpc) is 3.02. The number of pyridine rings is 1. The fourth-order valence-corrected chi connectivity index (χ4v) is 4.04. The van der Waals surface area contributed by atoms with Crippen molar-refractivity contribution in [3.05, 3.63) is 40.6 Å². The number of aromatic nitrogens is 5. The number of H-pyrrole nitrogens is 1. The van der Waals surface area contributed by atoms with Crippen LogP contribution in [0.4, 0.5) is 0 Å². The predicted molar refractivity (Wildman–Crippen MR) is 106 cm³/mol. The van der Waals surface area contributed by atoms with E-state index < -0.39 is 0 Å². The van der Waals surface area contributed by atoms with Gasteiger partial charge >= 0.3 is 0 Å². The molecule has 0 unspecified atom stereocenters. The van der Waals surface area contributed by atoms with E-state index in [1.165, 1.54) is 32.1 Å². The van der Waals surface area contributed by atoms with E-state index in [4.69, 9.17) is 4.98 Å². The Labute approximate surface area is 159 Å². The number of aromatic amines is 1. The zero-order valence-electron chi connectivity index (χ0n) is 16.3. The molecular formula is C21H27N5O. The normalized spacial score (nSPS) is 16.1. The molecule has 1 aliphatic carbocycles. The first-order chi connectivity index (χ1) is 12.9. The van der Waals surface area contributed by atoms with Crippen LogP contribution in [-0.2, 0) is 12.0 Å². The fourth-order valence-electron chi connectivity index (χ4n) is 4.04. The number of hydrogen-bond acceptors (Lipinski definition) is 4. The lowest BCUT2D eigenvalue weighted by molar-refractivity contribution is 0.338. The maximum absolute atomic E-state index is 13.0. The molecule has 0 saturated heterocycles. The summed E-state index contributed by atoms with van der Waals surface area (Å²) >= 11 is 0. The third-order valence-electron chi connectivity index (χ3n) is 5.44. The van der Waals surface area contributed by atoms with Crippen LogP contribution in [0.1, 0.15) is 58.6 Å². The van der Waals surface area contributed by atoms with Gasteiger partial charge in [-0.3, -0.25) is 19.6 Å². The maximum atomic E-state index is 13.0. The fraction of sp³-hybridized carbons (Fsp3) is 0.524. The molecule has 1 saturated carbocycles. The van der Waals surface area contributed by atoms with Crippen LogP contribution in [-0.4, -0.2) is 24.7 Å². The third-order valence-corrected chi connectivity index (χ3v) is 5.44. The molecule has 0 bridgehead atoms. The Morgan fingerprint density at radius 1 is 1.11 bits per heavy atom. The summed E-state index contributed by atoms with van der Waals surface area (Å²) in [6, 6.07) is 3.66. The van der Waals surface area contributed by atoms with Crippen LogP contribution in [0.15, 0.2) is 29.3 Å². The van der Waals surface area contributed by atoms with E-state index >= 15 is 0 Å². The first-order valence-electron chi connectivity index (χ1n) is 9.86. The van der Waals surface area contributed by atoms with Crippen LogP contribution in [0.3, 0.4) is 0 Å². The highest BCUT2D eigenvalue weighted by Crippen LogP contribution is 2.32. The summed E-state index contributed by atoms with van der Waals surface area (Å²) in [5.74, 6) is 1.78. The summed E-state index contributed by atoms with van der Waals surface area (Å²) in [6.07, 6.45) is 10.7. The molecule has 3 heterocycles. The minimum absolute atomic E-state index is 0.197. The molecule has 0 aromatic carbocycles. The second-order valence-electron chi connectivity index (χ2n) is 8.59. The van der Waals surface area contributed by atoms with Gasteiger partial charge in [0, 0.05) is 23.7 Å². The smallest absolute Gasteiger partial charge is 0.284 e. The number of nitrogens with one attached hydrogen (secondary N) is 1. The quantitative estimate of drug-likeness (QED) is 0.761. The van der Waals surface area contributed by atoms with Crippen molar-refractivity contribution in [2.45, 2.75) is 64.8 Å². The number of hydrogen-bond donors (Lipinski definition) is 1. The summed E-state index contributed by atoms with van der Waals surface area (Å²) in [6.45, 7) is 6.35. The Morgan fingerprint density at radius 3 is 2.48 bits per heavy atom. The topological polar surface area (TPSA) is 76.5 Å². The van der Waals surface area contributed by atoms with Crippen molar-refractivity contribution in [1.82, 2.24) is 24.7 Å². The van der Waals surface area contributed by atoms with E-state index in [1.807, 2.05) is 16.8 Å². The van der Waals surface area contributed by atoms with E-state index in [-0.39, 0.29) is 11.1 Å². The van der Waals surface area contributed by atoms with Crippen molar-refractivity contribution >= 4 is 0 Å². The lowest BCUT2D eigenvalue weighted by atomic mass is 9.85. The average molecular weight is 365 g/mol. The van der Waals surface area contributed by atoms with E-state index in [2.05, 4.69) is 35.8 Å². The molecule has 6 nitrogen and oxygen atoms in total. The van der Waals surface area contributed by atoms with Gasteiger partial charge in [0.2, 0.25) is 0 Å². The lowest BCUT2D eigenvalue weighted by Crippen LogP contribution is -2.25. The summed E-state index contributed by atoms with van der Waals surface area (Å²) in [4.78, 5) is 26.1. The molecule has 1 aromatic rings. The Balaban J connectivity index is 1.84. The van der Waals surface area contributed by atoms with Gasteiger partial charge in [-0.1, -0.05) is 32.1 Å². The molecule has 0 amide bonds. The highest BCUT2D eigenvalue weighted by molar-refractivity contribution is 5.64. The van der Waals surface area contributed by atoms with Gasteiger partial charge in [0.1, 0.15) is 5.56 Å². The largest absolute Gasteiger partial charge is 0.300 e. The zero-order valence-corrected chi connectivity index (χ0v) is 16.3. The van der Waals surface area contributed by atoms with E-state index in [1.54, 1.807) is 12.4 Å². The molecule has 1 N–H and O–H groups in total. The Bertz CT molecular complexity index is 945. The molecule has 6 heteroatoms. The van der Waals surface area contributed by atoms with Gasteiger partial charge < -0.3 is 0 Å². The molecule has 142 valence electrons. The van der Waals surface area contributed by atoms with Crippen LogP contribution in [0, 0.1) is 5.92 Å². The van der Waals surface area contributed by atoms with Gasteiger partial charge in [-0.25, -0.2) is 4.98 Å². The molecule has 27 heavy (non-hydrogen) atoms. The Kier molecular flexibility index (Phi) is 4.58. The standard InChI is InChI=1S/C21H27N5O/c1-21(2,3)26-19-17(16(25-26)13-14-7-5-4-6-8-14)20(27)24-18(23-19)15-9-11-22-12-10-15/h9-12,14,25H,4-8,13H2,1-3H3. The Morgan fingerprint density at radius 2 is 1.81 bits per heavy atom. The van der Waals surface area contributed by atoms with Crippen LogP contribution >= 0.6 is 0 Å². The third kappa shape index (κ3) is 3.53. The van der Waals surface area contributed by atoms with Crippen molar-refractivity contribution < 1.29 is 0 Å². The molecule has 0 spiro atoms. The van der Waals surface area contributed by atoms with E-state index in [0.717, 1.165) is 17.7 Å². The van der Waals surface area contributed by atoms with Crippen molar-refractivity contribution in [3.8, 4) is 22.8 Å². The van der Waals surface area contributed by atoms with Crippen molar-refractivity contribution in [3.63, 3.8) is 0 Å². The SMILES string of the molecule is CC(C)(C)n1[nH]c(CC2CCCCC2)c2c(=O)nc(-c3ccncc3)nc1-2. The highest BCUT2D eigenvalue weighted by atomic mass is 16.1. The lowest BCUT2D eigenvalue weighted by Gasteiger charge is -2.22. The van der Waals surface area contributed by atoms with Crippen LogP contribution in [0.5, 0.6) is 0 Å². The summed E-state index contributed by atoms with van der Waals surface area (Å²) in [5, 5.41) is 3.50. The molecule has 0 atom stereocenters. The van der Waals surface area contributed by atoms with Gasteiger partial charge in [-0.05, 0) is 45.2 Å². The number of rotatable bonds is 3. The van der Waals surface area contributed by atoms with Crippen molar-refractivity contribution in [2.24, 2.45) is 5.92 Å². The van der Waals surface area contributed by atoms with E-state index in [9.17, 15) is 4.79 Å². The number of fused-ring (bicyclic) bond motifs is 1. The first kappa shape index (κ1) is 17.9. The van der Waals surface area contributed by atoms with Gasteiger partial charge in [0.15, 0.2) is 11.6 Å². The molecule has 2 aliphatic heterocycles. The molecule has 4 rings (SSSR count). The second kappa shape index (κ2) is 6.91. The van der Waals surface area contributed by atoms with Gasteiger partial charge in [-0.2, -0.15) is 4.98 Å². The van der Waals surface area contributed by atoms with Gasteiger partial charge in [0.25, 0.3) is 5.56 Å². The monoisotopic (exact) mass is 365 g/mol. The molecule has 0 radical (unpaired) electrons. The Hall–Kier alpha value is -2.50. The van der Waals surface area contributed by atoms with Crippen LogP contribution in [0.2, 0.25) is 0 Å². The van der Waals surface area contributed by atoms with Crippen LogP contribution in [0.25, 0.3) is 22.8 Å².